The minimum Gasteiger partial charge on any atom is -0.369 e. The van der Waals surface area contributed by atoms with Crippen molar-refractivity contribution in [3.8, 4) is 11.4 Å². The largest absolute Gasteiger partial charge is 0.369 e. The van der Waals surface area contributed by atoms with Gasteiger partial charge in [-0.05, 0) is 34.5 Å². The van der Waals surface area contributed by atoms with Crippen molar-refractivity contribution in [1.29, 1.82) is 0 Å². The lowest BCUT2D eigenvalue weighted by atomic mass is 10.2. The first-order chi connectivity index (χ1) is 8.70. The first kappa shape index (κ1) is 13.3. The molecule has 18 heavy (non-hydrogen) atoms. The van der Waals surface area contributed by atoms with Gasteiger partial charge < -0.3 is 5.32 Å². The lowest BCUT2D eigenvalue weighted by molar-refractivity contribution is 0.963. The fourth-order valence-electron chi connectivity index (χ4n) is 1.50. The molecule has 0 aliphatic carbocycles. The van der Waals surface area contributed by atoms with Crippen LogP contribution in [-0.2, 0) is 0 Å². The van der Waals surface area contributed by atoms with Crippen LogP contribution in [0.15, 0.2) is 34.9 Å². The van der Waals surface area contributed by atoms with E-state index in [9.17, 15) is 0 Å². The van der Waals surface area contributed by atoms with E-state index in [1.165, 1.54) is 0 Å². The molecular weight excluding hydrogens is 314 g/mol. The molecule has 1 aromatic carbocycles. The van der Waals surface area contributed by atoms with E-state index >= 15 is 0 Å². The van der Waals surface area contributed by atoms with E-state index < -0.39 is 0 Å². The fraction of sp³-hybridized carbons (Fsp3) is 0.231. The predicted molar refractivity (Wildman–Crippen MR) is 79.0 cm³/mol. The SMILES string of the molecule is CCCNc1nc(-c2cccc(Cl)c2)ncc1Br. The van der Waals surface area contributed by atoms with E-state index in [1.807, 2.05) is 24.3 Å². The monoisotopic (exact) mass is 325 g/mol. The van der Waals surface area contributed by atoms with Crippen LogP contribution in [0, 0.1) is 0 Å². The topological polar surface area (TPSA) is 37.8 Å². The molecule has 2 aromatic rings. The van der Waals surface area contributed by atoms with Crippen LogP contribution in [0.1, 0.15) is 13.3 Å². The molecule has 0 aliphatic rings. The second-order valence-electron chi connectivity index (χ2n) is 3.83. The van der Waals surface area contributed by atoms with E-state index in [1.54, 1.807) is 6.20 Å². The highest BCUT2D eigenvalue weighted by Crippen LogP contribution is 2.24. The molecule has 5 heteroatoms. The number of anilines is 1. The van der Waals surface area contributed by atoms with Crippen molar-refractivity contribution in [1.82, 2.24) is 9.97 Å². The molecule has 1 heterocycles. The Morgan fingerprint density at radius 2 is 2.22 bits per heavy atom. The third-order valence-corrected chi connectivity index (χ3v) is 3.18. The summed E-state index contributed by atoms with van der Waals surface area (Å²) in [6.07, 6.45) is 2.80. The quantitative estimate of drug-likeness (QED) is 0.906. The smallest absolute Gasteiger partial charge is 0.161 e. The molecule has 3 nitrogen and oxygen atoms in total. The van der Waals surface area contributed by atoms with Gasteiger partial charge >= 0.3 is 0 Å². The molecule has 0 saturated heterocycles. The first-order valence-electron chi connectivity index (χ1n) is 5.73. The summed E-state index contributed by atoms with van der Waals surface area (Å²) in [5.41, 5.74) is 0.912. The second-order valence-corrected chi connectivity index (χ2v) is 5.12. The van der Waals surface area contributed by atoms with Crippen molar-refractivity contribution >= 4 is 33.3 Å². The van der Waals surface area contributed by atoms with Gasteiger partial charge in [-0.2, -0.15) is 0 Å². The second kappa shape index (κ2) is 6.16. The maximum atomic E-state index is 5.97. The van der Waals surface area contributed by atoms with Crippen molar-refractivity contribution in [3.05, 3.63) is 40.0 Å². The van der Waals surface area contributed by atoms with Gasteiger partial charge in [-0.3, -0.25) is 0 Å². The maximum absolute atomic E-state index is 5.97. The van der Waals surface area contributed by atoms with Gasteiger partial charge in [0.1, 0.15) is 5.82 Å². The van der Waals surface area contributed by atoms with Crippen molar-refractivity contribution in [3.63, 3.8) is 0 Å². The predicted octanol–water partition coefficient (Wildman–Crippen LogP) is 4.38. The summed E-state index contributed by atoms with van der Waals surface area (Å²) in [5, 5.41) is 3.94. The summed E-state index contributed by atoms with van der Waals surface area (Å²) in [5.74, 6) is 1.47. The van der Waals surface area contributed by atoms with Crippen LogP contribution in [0.2, 0.25) is 5.02 Å². The van der Waals surface area contributed by atoms with Gasteiger partial charge in [-0.1, -0.05) is 30.7 Å². The molecule has 0 bridgehead atoms. The Kier molecular flexibility index (Phi) is 4.55. The zero-order valence-electron chi connectivity index (χ0n) is 9.95. The summed E-state index contributed by atoms with van der Waals surface area (Å²) in [4.78, 5) is 8.80. The highest BCUT2D eigenvalue weighted by atomic mass is 79.9. The summed E-state index contributed by atoms with van der Waals surface area (Å²) in [6, 6.07) is 7.52. The van der Waals surface area contributed by atoms with E-state index in [-0.39, 0.29) is 0 Å². The number of hydrogen-bond acceptors (Lipinski definition) is 3. The molecule has 0 unspecified atom stereocenters. The third kappa shape index (κ3) is 3.21. The Labute approximate surface area is 120 Å². The highest BCUT2D eigenvalue weighted by molar-refractivity contribution is 9.10. The number of rotatable bonds is 4. The molecule has 0 amide bonds. The zero-order valence-corrected chi connectivity index (χ0v) is 12.3. The van der Waals surface area contributed by atoms with Gasteiger partial charge in [0.05, 0.1) is 4.47 Å². The van der Waals surface area contributed by atoms with Crippen molar-refractivity contribution in [2.24, 2.45) is 0 Å². The molecule has 94 valence electrons. The van der Waals surface area contributed by atoms with E-state index in [0.717, 1.165) is 28.8 Å². The van der Waals surface area contributed by atoms with Crippen molar-refractivity contribution < 1.29 is 0 Å². The summed E-state index contributed by atoms with van der Waals surface area (Å²) in [6.45, 7) is 2.99. The molecule has 0 radical (unpaired) electrons. The number of halogens is 2. The average Bonchev–Trinajstić information content (AvgIpc) is 2.38. The van der Waals surface area contributed by atoms with Gasteiger partial charge in [0, 0.05) is 23.3 Å². The van der Waals surface area contributed by atoms with Crippen LogP contribution in [0.3, 0.4) is 0 Å². The number of nitrogens with zero attached hydrogens (tertiary/aromatic N) is 2. The molecule has 1 N–H and O–H groups in total. The average molecular weight is 327 g/mol. The molecule has 0 saturated carbocycles. The Morgan fingerprint density at radius 1 is 1.39 bits per heavy atom. The number of nitrogens with one attached hydrogen (secondary N) is 1. The lowest BCUT2D eigenvalue weighted by Gasteiger charge is -2.08. The van der Waals surface area contributed by atoms with E-state index in [4.69, 9.17) is 11.6 Å². The van der Waals surface area contributed by atoms with Gasteiger partial charge in [0.15, 0.2) is 5.82 Å². The van der Waals surface area contributed by atoms with Gasteiger partial charge in [-0.25, -0.2) is 9.97 Å². The minimum atomic E-state index is 0.666. The van der Waals surface area contributed by atoms with Crippen LogP contribution in [0.25, 0.3) is 11.4 Å². The molecular formula is C13H13BrClN3. The minimum absolute atomic E-state index is 0.666. The Hall–Kier alpha value is -1.13. The van der Waals surface area contributed by atoms with E-state index in [2.05, 4.69) is 38.1 Å². The van der Waals surface area contributed by atoms with Crippen LogP contribution in [0.5, 0.6) is 0 Å². The standard InChI is InChI=1S/C13H13BrClN3/c1-2-6-16-13-11(14)8-17-12(18-13)9-4-3-5-10(15)7-9/h3-5,7-8H,2,6H2,1H3,(H,16,17,18). The molecule has 0 fully saturated rings. The molecule has 0 atom stereocenters. The normalized spacial score (nSPS) is 10.4. The van der Waals surface area contributed by atoms with Gasteiger partial charge in [0.25, 0.3) is 0 Å². The lowest BCUT2D eigenvalue weighted by Crippen LogP contribution is -2.04. The van der Waals surface area contributed by atoms with Gasteiger partial charge in [0.2, 0.25) is 0 Å². The fourth-order valence-corrected chi connectivity index (χ4v) is 2.02. The molecule has 0 aliphatic heterocycles. The first-order valence-corrected chi connectivity index (χ1v) is 6.90. The Balaban J connectivity index is 2.34. The van der Waals surface area contributed by atoms with Crippen LogP contribution in [0.4, 0.5) is 5.82 Å². The number of benzene rings is 1. The van der Waals surface area contributed by atoms with Crippen molar-refractivity contribution in [2.45, 2.75) is 13.3 Å². The van der Waals surface area contributed by atoms with E-state index in [0.29, 0.717) is 10.8 Å². The molecule has 0 spiro atoms. The zero-order chi connectivity index (χ0) is 13.0. The Bertz CT molecular complexity index is 546. The van der Waals surface area contributed by atoms with Gasteiger partial charge in [-0.15, -0.1) is 0 Å². The van der Waals surface area contributed by atoms with Crippen LogP contribution in [-0.4, -0.2) is 16.5 Å². The summed E-state index contributed by atoms with van der Waals surface area (Å²) < 4.78 is 0.863. The highest BCUT2D eigenvalue weighted by Gasteiger charge is 2.06. The number of hydrogen-bond donors (Lipinski definition) is 1. The van der Waals surface area contributed by atoms with Crippen LogP contribution < -0.4 is 5.32 Å². The summed E-state index contributed by atoms with van der Waals surface area (Å²) in [7, 11) is 0. The Morgan fingerprint density at radius 3 is 2.94 bits per heavy atom. The summed E-state index contributed by atoms with van der Waals surface area (Å²) >= 11 is 9.40. The molecule has 2 rings (SSSR count). The number of aromatic nitrogens is 2. The van der Waals surface area contributed by atoms with Crippen LogP contribution >= 0.6 is 27.5 Å². The third-order valence-electron chi connectivity index (χ3n) is 2.37. The molecule has 1 aromatic heterocycles. The van der Waals surface area contributed by atoms with Crippen molar-refractivity contribution in [2.75, 3.05) is 11.9 Å². The maximum Gasteiger partial charge on any atom is 0.161 e.